The number of aromatic carboxylic acids is 1. The molecule has 8 heteroatoms. The highest BCUT2D eigenvalue weighted by Crippen LogP contribution is 2.28. The summed E-state index contributed by atoms with van der Waals surface area (Å²) in [4.78, 5) is 23.5. The van der Waals surface area contributed by atoms with Gasteiger partial charge in [0.1, 0.15) is 23.2 Å². The Hall–Kier alpha value is -3.53. The highest BCUT2D eigenvalue weighted by Gasteiger charge is 2.14. The maximum Gasteiger partial charge on any atom is 0.337 e. The van der Waals surface area contributed by atoms with Gasteiger partial charge in [0.05, 0.1) is 10.6 Å². The number of carbonyl (C=O) groups is 2. The Morgan fingerprint density at radius 1 is 1.10 bits per heavy atom. The molecule has 3 aromatic rings. The molecule has 0 fully saturated rings. The van der Waals surface area contributed by atoms with Crippen LogP contribution in [-0.4, -0.2) is 17.0 Å². The van der Waals surface area contributed by atoms with Gasteiger partial charge in [-0.05, 0) is 48.9 Å². The minimum absolute atomic E-state index is 0.0215. The number of benzene rings is 2. The molecule has 0 saturated carbocycles. The normalized spacial score (nSPS) is 11.1. The number of rotatable bonds is 5. The predicted molar refractivity (Wildman–Crippen MR) is 115 cm³/mol. The van der Waals surface area contributed by atoms with Crippen LogP contribution in [0.1, 0.15) is 21.7 Å². The molecular weight excluding hydrogens is 427 g/mol. The first-order valence-electron chi connectivity index (χ1n) is 8.61. The minimum Gasteiger partial charge on any atom is -0.478 e. The Morgan fingerprint density at radius 2 is 1.87 bits per heavy atom. The lowest BCUT2D eigenvalue weighted by Crippen LogP contribution is -2.13. The van der Waals surface area contributed by atoms with Crippen LogP contribution in [0.5, 0.6) is 0 Å². The summed E-state index contributed by atoms with van der Waals surface area (Å²) in [5, 5.41) is 21.6. The van der Waals surface area contributed by atoms with E-state index in [-0.39, 0.29) is 21.9 Å². The fourth-order valence-corrected chi connectivity index (χ4v) is 3.03. The summed E-state index contributed by atoms with van der Waals surface area (Å²) in [6.45, 7) is 1.84. The number of hydrogen-bond acceptors (Lipinski definition) is 4. The highest BCUT2D eigenvalue weighted by molar-refractivity contribution is 6.33. The van der Waals surface area contributed by atoms with Crippen LogP contribution in [0.4, 0.5) is 5.69 Å². The first kappa shape index (κ1) is 21.2. The Labute approximate surface area is 182 Å². The fraction of sp³-hybridized carbons (Fsp3) is 0.0455. The number of carboxylic acids is 1. The van der Waals surface area contributed by atoms with E-state index in [0.717, 1.165) is 5.56 Å². The van der Waals surface area contributed by atoms with Crippen molar-refractivity contribution >= 4 is 46.8 Å². The van der Waals surface area contributed by atoms with Gasteiger partial charge in [-0.3, -0.25) is 4.79 Å². The number of nitrogens with zero attached hydrogens (tertiary/aromatic N) is 1. The van der Waals surface area contributed by atoms with Crippen LogP contribution < -0.4 is 5.32 Å². The molecule has 1 heterocycles. The van der Waals surface area contributed by atoms with Crippen LogP contribution in [0.2, 0.25) is 10.0 Å². The topological polar surface area (TPSA) is 103 Å². The Morgan fingerprint density at radius 3 is 2.50 bits per heavy atom. The lowest BCUT2D eigenvalue weighted by atomic mass is 10.1. The zero-order valence-corrected chi connectivity index (χ0v) is 17.1. The lowest BCUT2D eigenvalue weighted by Gasteiger charge is -2.06. The molecule has 0 aliphatic heterocycles. The number of aryl methyl sites for hydroxylation is 1. The summed E-state index contributed by atoms with van der Waals surface area (Å²) in [7, 11) is 0. The molecule has 0 unspecified atom stereocenters. The van der Waals surface area contributed by atoms with E-state index in [2.05, 4.69) is 5.32 Å². The van der Waals surface area contributed by atoms with Crippen molar-refractivity contribution in [1.82, 2.24) is 0 Å². The molecule has 0 radical (unpaired) electrons. The van der Waals surface area contributed by atoms with Gasteiger partial charge in [-0.2, -0.15) is 5.26 Å². The molecule has 0 spiro atoms. The highest BCUT2D eigenvalue weighted by atomic mass is 35.5. The second-order valence-corrected chi connectivity index (χ2v) is 7.10. The fourth-order valence-electron chi connectivity index (χ4n) is 2.59. The molecule has 2 aromatic carbocycles. The van der Waals surface area contributed by atoms with E-state index in [1.807, 2.05) is 13.0 Å². The molecule has 3 rings (SSSR count). The van der Waals surface area contributed by atoms with Crippen LogP contribution in [0, 0.1) is 18.3 Å². The van der Waals surface area contributed by atoms with Gasteiger partial charge in [-0.1, -0.05) is 35.3 Å². The molecule has 1 amide bonds. The van der Waals surface area contributed by atoms with Crippen LogP contribution in [0.3, 0.4) is 0 Å². The molecule has 0 atom stereocenters. The SMILES string of the molecule is Cc1ccc(NC(=O)/C(C#N)=C\c2ccc(-c3ccc(C(=O)O)c(Cl)c3)o2)cc1Cl. The molecule has 0 aliphatic rings. The third-order valence-electron chi connectivity index (χ3n) is 4.19. The van der Waals surface area contributed by atoms with Crippen LogP contribution in [0.25, 0.3) is 17.4 Å². The molecule has 2 N–H and O–H groups in total. The Balaban J connectivity index is 1.82. The molecular formula is C22H14Cl2N2O4. The number of halogens is 2. The van der Waals surface area contributed by atoms with Crippen molar-refractivity contribution in [2.24, 2.45) is 0 Å². The molecule has 0 bridgehead atoms. The Kier molecular flexibility index (Phi) is 6.26. The van der Waals surface area contributed by atoms with Crippen molar-refractivity contribution in [2.45, 2.75) is 6.92 Å². The van der Waals surface area contributed by atoms with Crippen molar-refractivity contribution < 1.29 is 19.1 Å². The standard InChI is InChI=1S/C22H14Cl2N2O4/c1-12-2-4-15(10-18(12)23)26-21(27)14(11-25)8-16-5-7-20(30-16)13-3-6-17(22(28)29)19(24)9-13/h2-10H,1H3,(H,26,27)(H,28,29)/b14-8-. The smallest absolute Gasteiger partial charge is 0.337 e. The van der Waals surface area contributed by atoms with Gasteiger partial charge < -0.3 is 14.8 Å². The number of anilines is 1. The molecule has 6 nitrogen and oxygen atoms in total. The van der Waals surface area contributed by atoms with E-state index >= 15 is 0 Å². The van der Waals surface area contributed by atoms with Gasteiger partial charge in [0.15, 0.2) is 0 Å². The summed E-state index contributed by atoms with van der Waals surface area (Å²) >= 11 is 12.0. The van der Waals surface area contributed by atoms with Crippen molar-refractivity contribution in [2.75, 3.05) is 5.32 Å². The third kappa shape index (κ3) is 4.71. The zero-order chi connectivity index (χ0) is 21.8. The van der Waals surface area contributed by atoms with Crippen molar-refractivity contribution in [3.63, 3.8) is 0 Å². The summed E-state index contributed by atoms with van der Waals surface area (Å²) < 4.78 is 5.66. The summed E-state index contributed by atoms with van der Waals surface area (Å²) in [6, 6.07) is 14.5. The monoisotopic (exact) mass is 440 g/mol. The van der Waals surface area contributed by atoms with Gasteiger partial charge >= 0.3 is 5.97 Å². The van der Waals surface area contributed by atoms with E-state index in [4.69, 9.17) is 32.7 Å². The molecule has 30 heavy (non-hydrogen) atoms. The predicted octanol–water partition coefficient (Wildman–Crippen LogP) is 5.81. The molecule has 0 aliphatic carbocycles. The summed E-state index contributed by atoms with van der Waals surface area (Å²) in [5.74, 6) is -1.06. The number of carboxylic acid groups (broad SMARTS) is 1. The third-order valence-corrected chi connectivity index (χ3v) is 4.91. The van der Waals surface area contributed by atoms with E-state index in [1.165, 1.54) is 18.2 Å². The molecule has 150 valence electrons. The minimum atomic E-state index is -1.13. The van der Waals surface area contributed by atoms with E-state index in [1.54, 1.807) is 36.4 Å². The van der Waals surface area contributed by atoms with Crippen molar-refractivity contribution in [3.05, 3.63) is 81.0 Å². The van der Waals surface area contributed by atoms with Gasteiger partial charge in [0, 0.05) is 22.3 Å². The number of furan rings is 1. The summed E-state index contributed by atoms with van der Waals surface area (Å²) in [6.07, 6.45) is 1.31. The van der Waals surface area contributed by atoms with E-state index in [9.17, 15) is 14.9 Å². The quantitative estimate of drug-likeness (QED) is 0.385. The maximum atomic E-state index is 12.4. The van der Waals surface area contributed by atoms with E-state index < -0.39 is 11.9 Å². The van der Waals surface area contributed by atoms with Gasteiger partial charge in [0.2, 0.25) is 0 Å². The molecule has 0 saturated heterocycles. The average molecular weight is 441 g/mol. The first-order chi connectivity index (χ1) is 14.3. The van der Waals surface area contributed by atoms with Crippen LogP contribution in [0.15, 0.2) is 58.5 Å². The van der Waals surface area contributed by atoms with Crippen molar-refractivity contribution in [3.8, 4) is 17.4 Å². The number of carbonyl (C=O) groups excluding carboxylic acids is 1. The van der Waals surface area contributed by atoms with Crippen molar-refractivity contribution in [1.29, 1.82) is 5.26 Å². The zero-order valence-electron chi connectivity index (χ0n) is 15.6. The second-order valence-electron chi connectivity index (χ2n) is 6.29. The number of nitriles is 1. The van der Waals surface area contributed by atoms with Gasteiger partial charge in [-0.25, -0.2) is 4.79 Å². The van der Waals surface area contributed by atoms with E-state index in [0.29, 0.717) is 22.0 Å². The summed E-state index contributed by atoms with van der Waals surface area (Å²) in [5.41, 5.74) is 1.70. The number of nitrogens with one attached hydrogen (secondary N) is 1. The average Bonchev–Trinajstić information content (AvgIpc) is 3.17. The number of amides is 1. The van der Waals surface area contributed by atoms with Gasteiger partial charge in [-0.15, -0.1) is 0 Å². The maximum absolute atomic E-state index is 12.4. The van der Waals surface area contributed by atoms with Crippen LogP contribution >= 0.6 is 23.2 Å². The largest absolute Gasteiger partial charge is 0.478 e. The number of hydrogen-bond donors (Lipinski definition) is 2. The second kappa shape index (κ2) is 8.87. The van der Waals surface area contributed by atoms with Crippen LogP contribution in [-0.2, 0) is 4.79 Å². The first-order valence-corrected chi connectivity index (χ1v) is 9.36. The lowest BCUT2D eigenvalue weighted by molar-refractivity contribution is -0.112. The Bertz CT molecular complexity index is 1220. The molecule has 1 aromatic heterocycles. The van der Waals surface area contributed by atoms with Gasteiger partial charge in [0.25, 0.3) is 5.91 Å².